The molecule has 2 N–H and O–H groups in total. The van der Waals surface area contributed by atoms with Gasteiger partial charge in [-0.3, -0.25) is 24.1 Å². The van der Waals surface area contributed by atoms with Gasteiger partial charge in [0.2, 0.25) is 5.91 Å². The summed E-state index contributed by atoms with van der Waals surface area (Å²) in [5, 5.41) is 11.0. The van der Waals surface area contributed by atoms with Gasteiger partial charge in [0.25, 0.3) is 5.91 Å². The Morgan fingerprint density at radius 2 is 2.09 bits per heavy atom. The molecule has 0 fully saturated rings. The topological polar surface area (TPSA) is 113 Å². The zero-order chi connectivity index (χ0) is 17.0. The number of nitrogens with zero attached hydrogens (tertiary/aromatic N) is 1. The van der Waals surface area contributed by atoms with Crippen molar-refractivity contribution in [3.63, 3.8) is 0 Å². The maximum Gasteiger partial charge on any atom is 0.305 e. The number of carbonyl (C=O) groups is 4. The third kappa shape index (κ3) is 4.06. The molecule has 0 radical (unpaired) electrons. The first-order valence-corrected chi connectivity index (χ1v) is 6.95. The maximum atomic E-state index is 12.0. The zero-order valence-electron chi connectivity index (χ0n) is 12.5. The Bertz CT molecular complexity index is 670. The molecule has 1 aliphatic rings. The van der Waals surface area contributed by atoms with E-state index in [2.05, 4.69) is 5.32 Å². The highest BCUT2D eigenvalue weighted by molar-refractivity contribution is 6.04. The van der Waals surface area contributed by atoms with Gasteiger partial charge >= 0.3 is 5.97 Å². The third-order valence-electron chi connectivity index (χ3n) is 3.27. The molecule has 122 valence electrons. The minimum atomic E-state index is -1.02. The minimum absolute atomic E-state index is 0.0208. The number of hydrogen-bond acceptors (Lipinski definition) is 5. The van der Waals surface area contributed by atoms with Gasteiger partial charge in [-0.1, -0.05) is 0 Å². The number of nitrogens with one attached hydrogen (secondary N) is 1. The Labute approximate surface area is 132 Å². The fraction of sp³-hybridized carbons (Fsp3) is 0.333. The molecule has 2 amide bonds. The number of ketones is 1. The highest BCUT2D eigenvalue weighted by atomic mass is 16.5. The summed E-state index contributed by atoms with van der Waals surface area (Å²) in [7, 11) is 0. The second-order valence-corrected chi connectivity index (χ2v) is 5.00. The van der Waals surface area contributed by atoms with Crippen molar-refractivity contribution < 1.29 is 29.0 Å². The predicted octanol–water partition coefficient (Wildman–Crippen LogP) is 0.206. The number of hydrogen-bond donors (Lipinski definition) is 2. The standard InChI is InChI=1S/C15H16N2O6/c1-9(18)10-2-3-12-11(6-10)17(14(20)8-23-12)7-13(19)16-5-4-15(21)22/h2-3,6H,4-5,7-8H2,1H3,(H,16,19)(H,21,22). The van der Waals surface area contributed by atoms with E-state index in [1.54, 1.807) is 12.1 Å². The first kappa shape index (κ1) is 16.5. The molecule has 1 aromatic rings. The summed E-state index contributed by atoms with van der Waals surface area (Å²) >= 11 is 0. The van der Waals surface area contributed by atoms with Gasteiger partial charge in [-0.05, 0) is 25.1 Å². The number of carboxylic acids is 1. The Hall–Kier alpha value is -2.90. The van der Waals surface area contributed by atoms with Crippen molar-refractivity contribution in [2.45, 2.75) is 13.3 Å². The van der Waals surface area contributed by atoms with E-state index in [1.807, 2.05) is 0 Å². The van der Waals surface area contributed by atoms with Crippen molar-refractivity contribution in [2.24, 2.45) is 0 Å². The van der Waals surface area contributed by atoms with Crippen LogP contribution in [0.15, 0.2) is 18.2 Å². The van der Waals surface area contributed by atoms with E-state index >= 15 is 0 Å². The van der Waals surface area contributed by atoms with Gasteiger partial charge in [0.15, 0.2) is 12.4 Å². The molecule has 8 heteroatoms. The van der Waals surface area contributed by atoms with E-state index in [9.17, 15) is 19.2 Å². The van der Waals surface area contributed by atoms with Gasteiger partial charge in [0, 0.05) is 12.1 Å². The second-order valence-electron chi connectivity index (χ2n) is 5.00. The molecule has 0 aromatic heterocycles. The van der Waals surface area contributed by atoms with Gasteiger partial charge in [-0.2, -0.15) is 0 Å². The molecule has 1 aliphatic heterocycles. The van der Waals surface area contributed by atoms with Crippen molar-refractivity contribution in [1.82, 2.24) is 5.32 Å². The average molecular weight is 320 g/mol. The van der Waals surface area contributed by atoms with Crippen molar-refractivity contribution in [3.05, 3.63) is 23.8 Å². The van der Waals surface area contributed by atoms with Gasteiger partial charge in [-0.25, -0.2) is 0 Å². The molecular formula is C15H16N2O6. The van der Waals surface area contributed by atoms with Crippen LogP contribution in [0.25, 0.3) is 0 Å². The minimum Gasteiger partial charge on any atom is -0.482 e. The number of fused-ring (bicyclic) bond motifs is 1. The van der Waals surface area contributed by atoms with Gasteiger partial charge < -0.3 is 15.2 Å². The van der Waals surface area contributed by atoms with Gasteiger partial charge in [-0.15, -0.1) is 0 Å². The lowest BCUT2D eigenvalue weighted by atomic mass is 10.1. The highest BCUT2D eigenvalue weighted by Crippen LogP contribution is 2.32. The Balaban J connectivity index is 2.14. The van der Waals surface area contributed by atoms with Crippen LogP contribution in [0.3, 0.4) is 0 Å². The number of benzene rings is 1. The van der Waals surface area contributed by atoms with Crippen LogP contribution in [0.1, 0.15) is 23.7 Å². The SMILES string of the molecule is CC(=O)c1ccc2c(c1)N(CC(=O)NCCC(=O)O)C(=O)CO2. The van der Waals surface area contributed by atoms with E-state index < -0.39 is 17.8 Å². The van der Waals surface area contributed by atoms with Crippen LogP contribution in [-0.4, -0.2) is 48.4 Å². The largest absolute Gasteiger partial charge is 0.482 e. The lowest BCUT2D eigenvalue weighted by Gasteiger charge is -2.29. The quantitative estimate of drug-likeness (QED) is 0.724. The van der Waals surface area contributed by atoms with Gasteiger partial charge in [0.1, 0.15) is 12.3 Å². The molecule has 0 bridgehead atoms. The molecule has 2 rings (SSSR count). The number of aliphatic carboxylic acids is 1. The zero-order valence-corrected chi connectivity index (χ0v) is 12.5. The van der Waals surface area contributed by atoms with Crippen LogP contribution in [0.2, 0.25) is 0 Å². The van der Waals surface area contributed by atoms with E-state index in [0.717, 1.165) is 0 Å². The molecule has 0 atom stereocenters. The molecule has 1 heterocycles. The molecule has 0 saturated heterocycles. The first-order chi connectivity index (χ1) is 10.9. The van der Waals surface area contributed by atoms with E-state index in [0.29, 0.717) is 17.0 Å². The fourth-order valence-corrected chi connectivity index (χ4v) is 2.10. The predicted molar refractivity (Wildman–Crippen MR) is 79.6 cm³/mol. The summed E-state index contributed by atoms with van der Waals surface area (Å²) in [4.78, 5) is 47.0. The summed E-state index contributed by atoms with van der Waals surface area (Å²) in [5.74, 6) is -1.68. The summed E-state index contributed by atoms with van der Waals surface area (Å²) in [6.45, 7) is 0.911. The Kier molecular flexibility index (Phi) is 4.95. The fourth-order valence-electron chi connectivity index (χ4n) is 2.10. The first-order valence-electron chi connectivity index (χ1n) is 6.95. The summed E-state index contributed by atoms with van der Waals surface area (Å²) < 4.78 is 5.28. The Morgan fingerprint density at radius 1 is 1.35 bits per heavy atom. The summed E-state index contributed by atoms with van der Waals surface area (Å²) in [6.07, 6.45) is -0.201. The summed E-state index contributed by atoms with van der Waals surface area (Å²) in [6, 6.07) is 4.66. The van der Waals surface area contributed by atoms with Crippen LogP contribution in [0.4, 0.5) is 5.69 Å². The monoisotopic (exact) mass is 320 g/mol. The molecule has 1 aromatic carbocycles. The van der Waals surface area contributed by atoms with Crippen LogP contribution < -0.4 is 15.0 Å². The van der Waals surface area contributed by atoms with Crippen molar-refractivity contribution in [1.29, 1.82) is 0 Å². The van der Waals surface area contributed by atoms with Crippen LogP contribution >= 0.6 is 0 Å². The maximum absolute atomic E-state index is 12.0. The Morgan fingerprint density at radius 3 is 2.74 bits per heavy atom. The summed E-state index contributed by atoms with van der Waals surface area (Å²) in [5.41, 5.74) is 0.751. The van der Waals surface area contributed by atoms with Crippen molar-refractivity contribution >= 4 is 29.3 Å². The smallest absolute Gasteiger partial charge is 0.305 e. The highest BCUT2D eigenvalue weighted by Gasteiger charge is 2.27. The van der Waals surface area contributed by atoms with E-state index in [-0.39, 0.29) is 31.9 Å². The number of anilines is 1. The second kappa shape index (κ2) is 6.91. The molecular weight excluding hydrogens is 304 g/mol. The van der Waals surface area contributed by atoms with Crippen molar-refractivity contribution in [2.75, 3.05) is 24.6 Å². The number of amides is 2. The van der Waals surface area contributed by atoms with E-state index in [4.69, 9.17) is 9.84 Å². The number of Topliss-reactive ketones (excluding diaryl/α,β-unsaturated/α-hetero) is 1. The number of rotatable bonds is 6. The van der Waals surface area contributed by atoms with Gasteiger partial charge in [0.05, 0.1) is 12.1 Å². The van der Waals surface area contributed by atoms with Crippen LogP contribution in [-0.2, 0) is 14.4 Å². The number of ether oxygens (including phenoxy) is 1. The lowest BCUT2D eigenvalue weighted by molar-refractivity contribution is -0.137. The van der Waals surface area contributed by atoms with Crippen LogP contribution in [0, 0.1) is 0 Å². The molecule has 8 nitrogen and oxygen atoms in total. The molecule has 0 spiro atoms. The number of carbonyl (C=O) groups excluding carboxylic acids is 3. The third-order valence-corrected chi connectivity index (χ3v) is 3.27. The van der Waals surface area contributed by atoms with Crippen molar-refractivity contribution in [3.8, 4) is 5.75 Å². The van der Waals surface area contributed by atoms with Crippen LogP contribution in [0.5, 0.6) is 5.75 Å². The van der Waals surface area contributed by atoms with E-state index in [1.165, 1.54) is 17.9 Å². The average Bonchev–Trinajstić information content (AvgIpc) is 2.49. The molecule has 0 saturated carbocycles. The molecule has 0 unspecified atom stereocenters. The number of carboxylic acid groups (broad SMARTS) is 1. The molecule has 23 heavy (non-hydrogen) atoms. The molecule has 0 aliphatic carbocycles. The normalized spacial score (nSPS) is 13.1. The lowest BCUT2D eigenvalue weighted by Crippen LogP contribution is -2.45.